The Hall–Kier alpha value is -3.25. The van der Waals surface area contributed by atoms with Crippen molar-refractivity contribution in [1.82, 2.24) is 15.1 Å². The quantitative estimate of drug-likeness (QED) is 0.313. The maximum Gasteiger partial charge on any atom is 0.416 e. The highest BCUT2D eigenvalue weighted by Gasteiger charge is 2.35. The van der Waals surface area contributed by atoms with E-state index in [-0.39, 0.29) is 17.6 Å². The zero-order valence-electron chi connectivity index (χ0n) is 17.2. The van der Waals surface area contributed by atoms with Crippen LogP contribution < -0.4 is 5.32 Å². The Kier molecular flexibility index (Phi) is 7.26. The van der Waals surface area contributed by atoms with Gasteiger partial charge in [-0.25, -0.2) is 4.99 Å². The van der Waals surface area contributed by atoms with Gasteiger partial charge in [-0.15, -0.1) is 0 Å². The van der Waals surface area contributed by atoms with Crippen LogP contribution >= 0.6 is 11.6 Å². The molecule has 0 aromatic heterocycles. The van der Waals surface area contributed by atoms with E-state index < -0.39 is 17.8 Å². The van der Waals surface area contributed by atoms with Gasteiger partial charge < -0.3 is 9.80 Å². The molecular weight excluding hydrogens is 443 g/mol. The number of likely N-dealkylation sites (tertiary alicyclic amines) is 1. The lowest BCUT2D eigenvalue weighted by Gasteiger charge is -2.29. The molecule has 1 saturated heterocycles. The third-order valence-electron chi connectivity index (χ3n) is 5.12. The minimum absolute atomic E-state index is 0.128. The van der Waals surface area contributed by atoms with Crippen molar-refractivity contribution in [2.45, 2.75) is 31.6 Å². The van der Waals surface area contributed by atoms with Crippen LogP contribution in [0.15, 0.2) is 53.5 Å². The highest BCUT2D eigenvalue weighted by atomic mass is 35.5. The second-order valence-corrected chi connectivity index (χ2v) is 7.83. The van der Waals surface area contributed by atoms with Gasteiger partial charge in [0, 0.05) is 25.2 Å². The summed E-state index contributed by atoms with van der Waals surface area (Å²) in [6, 6.07) is 10.9. The molecule has 1 N–H and O–H groups in total. The third kappa shape index (κ3) is 5.71. The van der Waals surface area contributed by atoms with Crippen LogP contribution in [0, 0.1) is 11.5 Å². The minimum Gasteiger partial charge on any atom is -0.340 e. The molecule has 10 heteroatoms. The molecule has 1 heterocycles. The van der Waals surface area contributed by atoms with Gasteiger partial charge in [0.1, 0.15) is 6.04 Å². The van der Waals surface area contributed by atoms with Crippen molar-refractivity contribution < 1.29 is 18.0 Å². The topological polar surface area (TPSA) is 71.7 Å². The number of nitrogens with zero attached hydrogens (tertiary/aromatic N) is 4. The number of nitriles is 1. The molecule has 6 nitrogen and oxygen atoms in total. The summed E-state index contributed by atoms with van der Waals surface area (Å²) in [7, 11) is 1.69. The molecule has 1 aliphatic heterocycles. The molecule has 0 spiro atoms. The van der Waals surface area contributed by atoms with Crippen LogP contribution in [0.4, 0.5) is 18.9 Å². The number of halogens is 4. The number of benzene rings is 2. The summed E-state index contributed by atoms with van der Waals surface area (Å²) in [5.41, 5.74) is 0.372. The van der Waals surface area contributed by atoms with E-state index in [4.69, 9.17) is 16.9 Å². The van der Waals surface area contributed by atoms with E-state index >= 15 is 0 Å². The number of rotatable bonds is 4. The van der Waals surface area contributed by atoms with E-state index in [2.05, 4.69) is 10.3 Å². The summed E-state index contributed by atoms with van der Waals surface area (Å²) >= 11 is 5.91. The Morgan fingerprint density at radius 2 is 1.91 bits per heavy atom. The Labute approximate surface area is 188 Å². The first-order chi connectivity index (χ1) is 15.2. The van der Waals surface area contributed by atoms with Crippen LogP contribution in [0.2, 0.25) is 5.02 Å². The van der Waals surface area contributed by atoms with Crippen molar-refractivity contribution in [3.05, 3.63) is 64.7 Å². The van der Waals surface area contributed by atoms with Gasteiger partial charge in [0.05, 0.1) is 11.3 Å². The Balaban J connectivity index is 1.78. The molecule has 1 unspecified atom stereocenters. The molecule has 1 fully saturated rings. The fourth-order valence-electron chi connectivity index (χ4n) is 3.53. The number of likely N-dealkylation sites (N-methyl/N-ethyl adjacent to an activating group) is 1. The lowest BCUT2D eigenvalue weighted by Crippen LogP contribution is -2.49. The van der Waals surface area contributed by atoms with Crippen LogP contribution in [0.3, 0.4) is 0 Å². The first-order valence-corrected chi connectivity index (χ1v) is 10.2. The summed E-state index contributed by atoms with van der Waals surface area (Å²) in [6.45, 7) is 0.872. The fraction of sp³-hybridized carbons (Fsp3) is 0.318. The zero-order valence-corrected chi connectivity index (χ0v) is 18.0. The molecular formula is C22H21ClF3N5O. The van der Waals surface area contributed by atoms with Crippen molar-refractivity contribution in [1.29, 1.82) is 5.26 Å². The number of carbonyl (C=O) groups excluding carboxylic acids is 1. The number of hydrogen-bond donors (Lipinski definition) is 1. The van der Waals surface area contributed by atoms with Crippen LogP contribution in [0.25, 0.3) is 0 Å². The van der Waals surface area contributed by atoms with Crippen molar-refractivity contribution in [2.75, 3.05) is 13.6 Å². The molecule has 2 aromatic carbocycles. The number of aliphatic imine (C=N–C) groups is 1. The van der Waals surface area contributed by atoms with Gasteiger partial charge in [-0.3, -0.25) is 10.1 Å². The molecule has 3 rings (SSSR count). The van der Waals surface area contributed by atoms with Crippen molar-refractivity contribution in [2.24, 2.45) is 4.99 Å². The normalized spacial score (nSPS) is 16.6. The molecule has 168 valence electrons. The number of hydrogen-bond acceptors (Lipinski definition) is 3. The van der Waals surface area contributed by atoms with Gasteiger partial charge in [0.15, 0.2) is 6.19 Å². The monoisotopic (exact) mass is 463 g/mol. The predicted molar refractivity (Wildman–Crippen MR) is 115 cm³/mol. The first kappa shape index (κ1) is 23.4. The summed E-state index contributed by atoms with van der Waals surface area (Å²) in [5.74, 6) is -0.0136. The average Bonchev–Trinajstić information content (AvgIpc) is 3.24. The van der Waals surface area contributed by atoms with Gasteiger partial charge in [0.2, 0.25) is 11.9 Å². The third-order valence-corrected chi connectivity index (χ3v) is 5.37. The number of nitrogens with one attached hydrogen (secondary N) is 1. The molecule has 0 radical (unpaired) electrons. The van der Waals surface area contributed by atoms with E-state index in [1.165, 1.54) is 12.1 Å². The van der Waals surface area contributed by atoms with Crippen molar-refractivity contribution in [3.63, 3.8) is 0 Å². The van der Waals surface area contributed by atoms with E-state index in [1.54, 1.807) is 35.2 Å². The van der Waals surface area contributed by atoms with Crippen LogP contribution in [0.5, 0.6) is 0 Å². The standard InChI is InChI=1S/C22H21ClF3N5O/c1-30(13-15-4-8-17(23)9-5-15)20(32)19-3-2-12-31(19)21(28-14-27)29-18-10-6-16(7-11-18)22(24,25)26/h4-11,19H,2-3,12-13H2,1H3,(H,28,29). The lowest BCUT2D eigenvalue weighted by molar-refractivity contribution is -0.137. The van der Waals surface area contributed by atoms with Crippen molar-refractivity contribution >= 4 is 29.2 Å². The van der Waals surface area contributed by atoms with E-state index in [0.29, 0.717) is 31.0 Å². The lowest BCUT2D eigenvalue weighted by atomic mass is 10.1. The van der Waals surface area contributed by atoms with Crippen LogP contribution in [0.1, 0.15) is 24.0 Å². The van der Waals surface area contributed by atoms with Gasteiger partial charge in [-0.1, -0.05) is 23.7 Å². The van der Waals surface area contributed by atoms with E-state index in [9.17, 15) is 18.0 Å². The largest absolute Gasteiger partial charge is 0.416 e. The number of alkyl halides is 3. The Morgan fingerprint density at radius 3 is 2.50 bits per heavy atom. The molecule has 32 heavy (non-hydrogen) atoms. The highest BCUT2D eigenvalue weighted by Crippen LogP contribution is 2.30. The minimum atomic E-state index is -4.45. The summed E-state index contributed by atoms with van der Waals surface area (Å²) in [6.07, 6.45) is -1.37. The second kappa shape index (κ2) is 9.92. The zero-order chi connectivity index (χ0) is 23.3. The highest BCUT2D eigenvalue weighted by molar-refractivity contribution is 6.30. The molecule has 0 aliphatic carbocycles. The molecule has 0 saturated carbocycles. The second-order valence-electron chi connectivity index (χ2n) is 7.39. The van der Waals surface area contributed by atoms with Gasteiger partial charge in [-0.2, -0.15) is 18.4 Å². The smallest absolute Gasteiger partial charge is 0.340 e. The molecule has 0 bridgehead atoms. The number of guanidine groups is 1. The summed E-state index contributed by atoms with van der Waals surface area (Å²) < 4.78 is 38.4. The first-order valence-electron chi connectivity index (χ1n) is 9.86. The van der Waals surface area contributed by atoms with Gasteiger partial charge in [0.25, 0.3) is 0 Å². The molecule has 1 aliphatic rings. The summed E-state index contributed by atoms with van der Waals surface area (Å²) in [4.78, 5) is 20.7. The number of carbonyl (C=O) groups is 1. The molecule has 1 atom stereocenters. The Bertz CT molecular complexity index is 1020. The number of amides is 1. The SMILES string of the molecule is CN(Cc1ccc(Cl)cc1)C(=O)C1CCCN1C(=Nc1ccc(C(F)(F)F)cc1)NC#N. The van der Waals surface area contributed by atoms with Crippen LogP contribution in [-0.2, 0) is 17.5 Å². The Morgan fingerprint density at radius 1 is 1.25 bits per heavy atom. The molecule has 1 amide bonds. The maximum atomic E-state index is 13.1. The van der Waals surface area contributed by atoms with Gasteiger partial charge >= 0.3 is 6.18 Å². The van der Waals surface area contributed by atoms with Crippen molar-refractivity contribution in [3.8, 4) is 6.19 Å². The maximum absolute atomic E-state index is 13.1. The predicted octanol–water partition coefficient (Wildman–Crippen LogP) is 4.54. The van der Waals surface area contributed by atoms with E-state index in [1.807, 2.05) is 12.1 Å². The van der Waals surface area contributed by atoms with E-state index in [0.717, 1.165) is 17.7 Å². The fourth-order valence-corrected chi connectivity index (χ4v) is 3.66. The average molecular weight is 464 g/mol. The molecule has 2 aromatic rings. The van der Waals surface area contributed by atoms with Gasteiger partial charge in [-0.05, 0) is 54.8 Å². The summed E-state index contributed by atoms with van der Waals surface area (Å²) in [5, 5.41) is 12.2. The van der Waals surface area contributed by atoms with Crippen LogP contribution in [-0.4, -0.2) is 41.3 Å².